The van der Waals surface area contributed by atoms with Crippen LogP contribution in [0.5, 0.6) is 0 Å². The Morgan fingerprint density at radius 3 is 2.24 bits per heavy atom. The lowest BCUT2D eigenvalue weighted by Crippen LogP contribution is -1.96. The van der Waals surface area contributed by atoms with E-state index in [9.17, 15) is 0 Å². The van der Waals surface area contributed by atoms with Crippen LogP contribution in [0.15, 0.2) is 40.9 Å². The topological polar surface area (TPSA) is 64.1 Å². The third-order valence-electron chi connectivity index (χ3n) is 2.30. The van der Waals surface area contributed by atoms with Crippen molar-refractivity contribution in [3.05, 3.63) is 45.9 Å². The molecule has 0 heterocycles. The summed E-state index contributed by atoms with van der Waals surface area (Å²) in [6.07, 6.45) is 0. The third-order valence-corrected chi connectivity index (χ3v) is 3.53. The highest BCUT2D eigenvalue weighted by molar-refractivity contribution is 9.10. The van der Waals surface area contributed by atoms with Crippen LogP contribution in [0.4, 0.5) is 22.7 Å². The van der Waals surface area contributed by atoms with Gasteiger partial charge in [-0.3, -0.25) is 0 Å². The molecule has 0 aromatic heterocycles. The van der Waals surface area contributed by atoms with Gasteiger partial charge in [-0.05, 0) is 52.3 Å². The van der Waals surface area contributed by atoms with Crippen molar-refractivity contribution in [1.82, 2.24) is 0 Å². The lowest BCUT2D eigenvalue weighted by molar-refractivity contribution is 1.53. The van der Waals surface area contributed by atoms with Gasteiger partial charge in [0, 0.05) is 15.8 Å². The van der Waals surface area contributed by atoms with Gasteiger partial charge >= 0.3 is 0 Å². The first-order chi connectivity index (χ1) is 8.06. The van der Waals surface area contributed by atoms with Gasteiger partial charge in [-0.15, -0.1) is 0 Å². The van der Waals surface area contributed by atoms with Crippen molar-refractivity contribution in [2.45, 2.75) is 0 Å². The summed E-state index contributed by atoms with van der Waals surface area (Å²) >= 11 is 9.34. The summed E-state index contributed by atoms with van der Waals surface area (Å²) in [7, 11) is 0. The van der Waals surface area contributed by atoms with Gasteiger partial charge in [-0.25, -0.2) is 0 Å². The van der Waals surface area contributed by atoms with Crippen molar-refractivity contribution >= 4 is 50.3 Å². The summed E-state index contributed by atoms with van der Waals surface area (Å²) in [5.41, 5.74) is 14.3. The summed E-state index contributed by atoms with van der Waals surface area (Å²) in [5.74, 6) is 0. The van der Waals surface area contributed by atoms with E-state index >= 15 is 0 Å². The number of halogens is 2. The molecular formula is C12H11BrClN3. The zero-order chi connectivity index (χ0) is 12.4. The molecule has 0 radical (unpaired) electrons. The number of nitrogens with one attached hydrogen (secondary N) is 1. The molecule has 0 saturated heterocycles. The van der Waals surface area contributed by atoms with E-state index in [0.29, 0.717) is 16.4 Å². The van der Waals surface area contributed by atoms with Gasteiger partial charge in [-0.1, -0.05) is 11.6 Å². The number of hydrogen-bond acceptors (Lipinski definition) is 3. The summed E-state index contributed by atoms with van der Waals surface area (Å²) in [6, 6.07) is 11.0. The molecular weight excluding hydrogens is 302 g/mol. The maximum Gasteiger partial charge on any atom is 0.0568 e. The van der Waals surface area contributed by atoms with Crippen LogP contribution in [0, 0.1) is 0 Å². The highest BCUT2D eigenvalue weighted by Gasteiger charge is 2.01. The molecule has 17 heavy (non-hydrogen) atoms. The van der Waals surface area contributed by atoms with Gasteiger partial charge in [0.15, 0.2) is 0 Å². The number of nitrogens with two attached hydrogens (primary N) is 2. The number of nitrogen functional groups attached to an aromatic ring is 2. The fourth-order valence-corrected chi connectivity index (χ4v) is 1.82. The Morgan fingerprint density at radius 1 is 0.941 bits per heavy atom. The molecule has 2 aromatic carbocycles. The van der Waals surface area contributed by atoms with Crippen LogP contribution in [-0.4, -0.2) is 0 Å². The molecule has 0 bridgehead atoms. The van der Waals surface area contributed by atoms with Crippen LogP contribution >= 0.6 is 27.5 Å². The summed E-state index contributed by atoms with van der Waals surface area (Å²) in [5, 5.41) is 3.85. The van der Waals surface area contributed by atoms with Crippen molar-refractivity contribution in [2.75, 3.05) is 16.8 Å². The van der Waals surface area contributed by atoms with Gasteiger partial charge in [0.25, 0.3) is 0 Å². The average molecular weight is 313 g/mol. The molecule has 0 amide bonds. The Labute approximate surface area is 113 Å². The molecule has 0 aliphatic heterocycles. The normalized spacial score (nSPS) is 10.2. The van der Waals surface area contributed by atoms with E-state index in [1.165, 1.54) is 0 Å². The molecule has 0 spiro atoms. The van der Waals surface area contributed by atoms with Crippen LogP contribution in [0.1, 0.15) is 0 Å². The second kappa shape index (κ2) is 4.85. The monoisotopic (exact) mass is 311 g/mol. The highest BCUT2D eigenvalue weighted by atomic mass is 79.9. The van der Waals surface area contributed by atoms with Crippen molar-refractivity contribution in [3.63, 3.8) is 0 Å². The molecule has 0 unspecified atom stereocenters. The van der Waals surface area contributed by atoms with Gasteiger partial charge in [0.2, 0.25) is 0 Å². The first-order valence-corrected chi connectivity index (χ1v) is 6.10. The number of rotatable bonds is 2. The van der Waals surface area contributed by atoms with Crippen molar-refractivity contribution in [2.24, 2.45) is 0 Å². The maximum atomic E-state index is 6.00. The fraction of sp³-hybridized carbons (Fsp3) is 0. The number of benzene rings is 2. The maximum absolute atomic E-state index is 6.00. The Balaban J connectivity index is 2.25. The highest BCUT2D eigenvalue weighted by Crippen LogP contribution is 2.28. The van der Waals surface area contributed by atoms with E-state index in [2.05, 4.69) is 21.2 Å². The van der Waals surface area contributed by atoms with Crippen molar-refractivity contribution in [3.8, 4) is 0 Å². The van der Waals surface area contributed by atoms with E-state index in [1.807, 2.05) is 24.3 Å². The van der Waals surface area contributed by atoms with E-state index < -0.39 is 0 Å². The summed E-state index contributed by atoms with van der Waals surface area (Å²) in [6.45, 7) is 0. The van der Waals surface area contributed by atoms with Crippen LogP contribution in [0.3, 0.4) is 0 Å². The number of anilines is 4. The molecule has 0 aliphatic carbocycles. The minimum Gasteiger partial charge on any atom is -0.397 e. The SMILES string of the molecule is Nc1ccc(Nc2ccc(Br)c(Cl)c2)cc1N. The van der Waals surface area contributed by atoms with Crippen molar-refractivity contribution in [1.29, 1.82) is 0 Å². The fourth-order valence-electron chi connectivity index (χ4n) is 1.39. The van der Waals surface area contributed by atoms with Crippen LogP contribution in [0.25, 0.3) is 0 Å². The zero-order valence-corrected chi connectivity index (χ0v) is 11.2. The Bertz CT molecular complexity index is 508. The van der Waals surface area contributed by atoms with Crippen molar-refractivity contribution < 1.29 is 0 Å². The summed E-state index contributed by atoms with van der Waals surface area (Å²) < 4.78 is 0.863. The van der Waals surface area contributed by atoms with Gasteiger partial charge in [-0.2, -0.15) is 0 Å². The smallest absolute Gasteiger partial charge is 0.0568 e. The van der Waals surface area contributed by atoms with Crippen LogP contribution in [-0.2, 0) is 0 Å². The first-order valence-electron chi connectivity index (χ1n) is 4.93. The van der Waals surface area contributed by atoms with E-state index in [4.69, 9.17) is 23.1 Å². The van der Waals surface area contributed by atoms with Gasteiger partial charge in [0.1, 0.15) is 0 Å². The minimum atomic E-state index is 0.554. The standard InChI is InChI=1S/C12H11BrClN3/c13-9-3-1-7(5-10(9)14)17-8-2-4-11(15)12(16)6-8/h1-6,17H,15-16H2. The third kappa shape index (κ3) is 2.84. The van der Waals surface area contributed by atoms with E-state index in [1.54, 1.807) is 12.1 Å². The molecule has 5 N–H and O–H groups in total. The Kier molecular flexibility index (Phi) is 3.45. The molecule has 2 rings (SSSR count). The molecule has 0 saturated carbocycles. The molecule has 5 heteroatoms. The average Bonchev–Trinajstić information content (AvgIpc) is 2.29. The Hall–Kier alpha value is -1.39. The van der Waals surface area contributed by atoms with Gasteiger partial charge < -0.3 is 16.8 Å². The summed E-state index contributed by atoms with van der Waals surface area (Å²) in [4.78, 5) is 0. The largest absolute Gasteiger partial charge is 0.397 e. The molecule has 0 fully saturated rings. The molecule has 88 valence electrons. The quantitative estimate of drug-likeness (QED) is 0.734. The molecule has 3 nitrogen and oxygen atoms in total. The minimum absolute atomic E-state index is 0.554. The molecule has 0 atom stereocenters. The molecule has 2 aromatic rings. The molecule has 0 aliphatic rings. The van der Waals surface area contributed by atoms with Gasteiger partial charge in [0.05, 0.1) is 16.4 Å². The zero-order valence-electron chi connectivity index (χ0n) is 8.87. The predicted molar refractivity (Wildman–Crippen MR) is 77.7 cm³/mol. The van der Waals surface area contributed by atoms with E-state index in [0.717, 1.165) is 15.8 Å². The number of hydrogen-bond donors (Lipinski definition) is 3. The Morgan fingerprint density at radius 2 is 1.59 bits per heavy atom. The van der Waals surface area contributed by atoms with Crippen LogP contribution < -0.4 is 16.8 Å². The lowest BCUT2D eigenvalue weighted by atomic mass is 10.2. The second-order valence-electron chi connectivity index (χ2n) is 3.60. The second-order valence-corrected chi connectivity index (χ2v) is 4.86. The van der Waals surface area contributed by atoms with E-state index in [-0.39, 0.29) is 0 Å². The van der Waals surface area contributed by atoms with Crippen LogP contribution in [0.2, 0.25) is 5.02 Å². The predicted octanol–water partition coefficient (Wildman–Crippen LogP) is 4.01. The lowest BCUT2D eigenvalue weighted by Gasteiger charge is -2.09. The first kappa shape index (κ1) is 12.1.